The van der Waals surface area contributed by atoms with E-state index in [1.807, 2.05) is 17.8 Å². The molecule has 84 valence electrons. The molecule has 3 heteroatoms. The molecule has 0 saturated heterocycles. The quantitative estimate of drug-likeness (QED) is 0.697. The number of hydrogen-bond donors (Lipinski definition) is 0. The molecule has 3 nitrogen and oxygen atoms in total. The average Bonchev–Trinajstić information content (AvgIpc) is 2.64. The highest BCUT2D eigenvalue weighted by molar-refractivity contribution is 5.97. The third-order valence-electron chi connectivity index (χ3n) is 2.78. The van der Waals surface area contributed by atoms with Gasteiger partial charge in [0.2, 0.25) is 0 Å². The summed E-state index contributed by atoms with van der Waals surface area (Å²) in [4.78, 5) is 12.0. The smallest absolute Gasteiger partial charge is 0.169 e. The van der Waals surface area contributed by atoms with Gasteiger partial charge in [-0.15, -0.1) is 0 Å². The van der Waals surface area contributed by atoms with Gasteiger partial charge in [0.1, 0.15) is 0 Å². The van der Waals surface area contributed by atoms with E-state index < -0.39 is 0 Å². The van der Waals surface area contributed by atoms with Gasteiger partial charge in [-0.25, -0.2) is 0 Å². The Bertz CT molecular complexity index is 328. The molecule has 1 heterocycles. The normalized spacial score (nSPS) is 13.1. The zero-order valence-electron chi connectivity index (χ0n) is 10.0. The molecule has 0 spiro atoms. The number of carbonyl (C=O) groups excluding carboxylic acids is 1. The molecule has 0 radical (unpaired) electrons. The lowest BCUT2D eigenvalue weighted by Crippen LogP contribution is -2.16. The summed E-state index contributed by atoms with van der Waals surface area (Å²) in [5.74, 6) is 0.656. The maximum Gasteiger partial charge on any atom is 0.169 e. The Labute approximate surface area is 91.5 Å². The highest BCUT2D eigenvalue weighted by atomic mass is 16.1. The van der Waals surface area contributed by atoms with Crippen LogP contribution in [0.3, 0.4) is 0 Å². The van der Waals surface area contributed by atoms with Crippen LogP contribution in [0.15, 0.2) is 12.4 Å². The van der Waals surface area contributed by atoms with Crippen molar-refractivity contribution in [2.24, 2.45) is 11.8 Å². The molecule has 0 aliphatic carbocycles. The number of aryl methyl sites for hydroxylation is 1. The van der Waals surface area contributed by atoms with Gasteiger partial charge in [-0.1, -0.05) is 27.7 Å². The highest BCUT2D eigenvalue weighted by Gasteiger charge is 2.19. The van der Waals surface area contributed by atoms with Crippen molar-refractivity contribution in [1.82, 2.24) is 9.78 Å². The lowest BCUT2D eigenvalue weighted by atomic mass is 9.91. The fourth-order valence-corrected chi connectivity index (χ4v) is 1.41. The van der Waals surface area contributed by atoms with Gasteiger partial charge in [0, 0.05) is 18.7 Å². The number of ketones is 1. The molecule has 0 amide bonds. The van der Waals surface area contributed by atoms with Crippen molar-refractivity contribution in [3.05, 3.63) is 18.0 Å². The number of carbonyl (C=O) groups is 1. The second kappa shape index (κ2) is 5.10. The molecule has 0 fully saturated rings. The molecule has 0 aromatic carbocycles. The van der Waals surface area contributed by atoms with Gasteiger partial charge in [0.05, 0.1) is 11.8 Å². The third-order valence-corrected chi connectivity index (χ3v) is 2.78. The van der Waals surface area contributed by atoms with E-state index in [0.717, 1.165) is 18.5 Å². The van der Waals surface area contributed by atoms with Gasteiger partial charge >= 0.3 is 0 Å². The molecule has 1 aromatic rings. The summed E-state index contributed by atoms with van der Waals surface area (Å²) in [7, 11) is 0. The zero-order chi connectivity index (χ0) is 11.4. The average molecular weight is 208 g/mol. The Morgan fingerprint density at radius 2 is 2.13 bits per heavy atom. The van der Waals surface area contributed by atoms with Crippen LogP contribution in [0.2, 0.25) is 0 Å². The summed E-state index contributed by atoms with van der Waals surface area (Å²) in [6, 6.07) is 0. The van der Waals surface area contributed by atoms with Gasteiger partial charge in [-0.05, 0) is 12.3 Å². The minimum atomic E-state index is 0.0734. The van der Waals surface area contributed by atoms with Crippen LogP contribution >= 0.6 is 0 Å². The number of aromatic nitrogens is 2. The summed E-state index contributed by atoms with van der Waals surface area (Å²) in [5, 5.41) is 4.16. The minimum absolute atomic E-state index is 0.0734. The van der Waals surface area contributed by atoms with Crippen LogP contribution in [-0.4, -0.2) is 15.6 Å². The van der Waals surface area contributed by atoms with Gasteiger partial charge in [0.15, 0.2) is 5.78 Å². The van der Waals surface area contributed by atoms with Crippen molar-refractivity contribution >= 4 is 5.78 Å². The minimum Gasteiger partial charge on any atom is -0.294 e. The Kier molecular flexibility index (Phi) is 4.06. The first-order chi connectivity index (χ1) is 7.06. The van der Waals surface area contributed by atoms with E-state index in [4.69, 9.17) is 0 Å². The van der Waals surface area contributed by atoms with Gasteiger partial charge in [-0.3, -0.25) is 9.48 Å². The number of rotatable bonds is 5. The summed E-state index contributed by atoms with van der Waals surface area (Å²) in [5.41, 5.74) is 0.740. The van der Waals surface area contributed by atoms with Gasteiger partial charge in [-0.2, -0.15) is 5.10 Å². The fourth-order valence-electron chi connectivity index (χ4n) is 1.41. The van der Waals surface area contributed by atoms with E-state index in [-0.39, 0.29) is 11.7 Å². The largest absolute Gasteiger partial charge is 0.294 e. The topological polar surface area (TPSA) is 34.9 Å². The van der Waals surface area contributed by atoms with Gasteiger partial charge in [0.25, 0.3) is 0 Å². The summed E-state index contributed by atoms with van der Waals surface area (Å²) in [6.07, 6.45) is 4.57. The third kappa shape index (κ3) is 2.91. The molecular formula is C12H20N2O. The van der Waals surface area contributed by atoms with Crippen LogP contribution in [-0.2, 0) is 6.54 Å². The predicted molar refractivity (Wildman–Crippen MR) is 60.9 cm³/mol. The lowest BCUT2D eigenvalue weighted by Gasteiger charge is -2.12. The van der Waals surface area contributed by atoms with Crippen LogP contribution in [0, 0.1) is 11.8 Å². The zero-order valence-corrected chi connectivity index (χ0v) is 10.0. The maximum absolute atomic E-state index is 12.0. The van der Waals surface area contributed by atoms with E-state index in [1.54, 1.807) is 6.20 Å². The van der Waals surface area contributed by atoms with Crippen LogP contribution in [0.1, 0.15) is 44.5 Å². The highest BCUT2D eigenvalue weighted by Crippen LogP contribution is 2.16. The van der Waals surface area contributed by atoms with Crippen LogP contribution < -0.4 is 0 Å². The second-order valence-corrected chi connectivity index (χ2v) is 4.39. The Morgan fingerprint density at radius 3 is 2.67 bits per heavy atom. The molecule has 1 rings (SSSR count). The van der Waals surface area contributed by atoms with E-state index in [2.05, 4.69) is 25.9 Å². The first kappa shape index (κ1) is 12.0. The maximum atomic E-state index is 12.0. The van der Waals surface area contributed by atoms with E-state index in [0.29, 0.717) is 5.92 Å². The van der Waals surface area contributed by atoms with Crippen molar-refractivity contribution < 1.29 is 4.79 Å². The molecular weight excluding hydrogens is 188 g/mol. The first-order valence-corrected chi connectivity index (χ1v) is 5.63. The number of nitrogens with zero attached hydrogens (tertiary/aromatic N) is 2. The first-order valence-electron chi connectivity index (χ1n) is 5.63. The SMILES string of the molecule is CCCn1cc(C(=O)C(C)C(C)C)cn1. The monoisotopic (exact) mass is 208 g/mol. The Balaban J connectivity index is 2.74. The lowest BCUT2D eigenvalue weighted by molar-refractivity contribution is 0.0899. The Hall–Kier alpha value is -1.12. The standard InChI is InChI=1S/C12H20N2O/c1-5-6-14-8-11(7-13-14)12(15)10(4)9(2)3/h7-10H,5-6H2,1-4H3. The molecule has 1 unspecified atom stereocenters. The van der Waals surface area contributed by atoms with Gasteiger partial charge < -0.3 is 0 Å². The molecule has 0 bridgehead atoms. The fraction of sp³-hybridized carbons (Fsp3) is 0.667. The molecule has 0 N–H and O–H groups in total. The van der Waals surface area contributed by atoms with Crippen molar-refractivity contribution in [2.45, 2.75) is 40.7 Å². The number of Topliss-reactive ketones (excluding diaryl/α,β-unsaturated/α-hetero) is 1. The molecule has 0 aliphatic heterocycles. The van der Waals surface area contributed by atoms with E-state index >= 15 is 0 Å². The van der Waals surface area contributed by atoms with Crippen molar-refractivity contribution in [3.63, 3.8) is 0 Å². The van der Waals surface area contributed by atoms with Crippen molar-refractivity contribution in [2.75, 3.05) is 0 Å². The van der Waals surface area contributed by atoms with E-state index in [1.165, 1.54) is 0 Å². The summed E-state index contributed by atoms with van der Waals surface area (Å²) < 4.78 is 1.83. The Morgan fingerprint density at radius 1 is 1.47 bits per heavy atom. The van der Waals surface area contributed by atoms with Crippen molar-refractivity contribution in [1.29, 1.82) is 0 Å². The molecule has 0 saturated carbocycles. The van der Waals surface area contributed by atoms with E-state index in [9.17, 15) is 4.79 Å². The predicted octanol–water partition coefficient (Wildman–Crippen LogP) is 2.77. The molecule has 15 heavy (non-hydrogen) atoms. The molecule has 0 aliphatic rings. The summed E-state index contributed by atoms with van der Waals surface area (Å²) in [6.45, 7) is 9.09. The number of hydrogen-bond acceptors (Lipinski definition) is 2. The van der Waals surface area contributed by atoms with Crippen LogP contribution in [0.4, 0.5) is 0 Å². The van der Waals surface area contributed by atoms with Crippen LogP contribution in [0.25, 0.3) is 0 Å². The molecule has 1 aromatic heterocycles. The van der Waals surface area contributed by atoms with Crippen molar-refractivity contribution in [3.8, 4) is 0 Å². The van der Waals surface area contributed by atoms with Crippen LogP contribution in [0.5, 0.6) is 0 Å². The molecule has 1 atom stereocenters. The second-order valence-electron chi connectivity index (χ2n) is 4.39. The summed E-state index contributed by atoms with van der Waals surface area (Å²) >= 11 is 0.